The van der Waals surface area contributed by atoms with E-state index in [4.69, 9.17) is 11.6 Å². The minimum absolute atomic E-state index is 0.00706. The van der Waals surface area contributed by atoms with E-state index in [1.165, 1.54) is 11.6 Å². The molecule has 0 aliphatic carbocycles. The number of hydrogen-bond acceptors (Lipinski definition) is 1. The molecule has 1 aromatic carbocycles. The fraction of sp³-hybridized carbons (Fsp3) is 0.357. The van der Waals surface area contributed by atoms with Crippen LogP contribution in [-0.2, 0) is 6.18 Å². The lowest BCUT2D eigenvalue weighted by Crippen LogP contribution is -2.09. The molecule has 0 N–H and O–H groups in total. The molecule has 0 spiro atoms. The highest BCUT2D eigenvalue weighted by atomic mass is 35.5. The van der Waals surface area contributed by atoms with Crippen LogP contribution in [0.1, 0.15) is 27.9 Å². The van der Waals surface area contributed by atoms with Crippen LogP contribution in [0.5, 0.6) is 0 Å². The molecule has 2 aromatic rings. The summed E-state index contributed by atoms with van der Waals surface area (Å²) in [5.74, 6) is 0. The molecule has 0 fully saturated rings. The molecule has 1 aromatic heterocycles. The van der Waals surface area contributed by atoms with Crippen LogP contribution in [0, 0.1) is 27.7 Å². The van der Waals surface area contributed by atoms with Gasteiger partial charge in [-0.25, -0.2) is 4.68 Å². The molecule has 0 amide bonds. The van der Waals surface area contributed by atoms with Crippen molar-refractivity contribution in [1.29, 1.82) is 0 Å². The third-order valence-corrected chi connectivity index (χ3v) is 3.61. The van der Waals surface area contributed by atoms with E-state index in [1.807, 2.05) is 32.9 Å². The second-order valence-corrected chi connectivity index (χ2v) is 5.28. The van der Waals surface area contributed by atoms with Crippen LogP contribution in [0.2, 0.25) is 5.15 Å². The molecular weight excluding hydrogens is 289 g/mol. The third kappa shape index (κ3) is 2.42. The molecule has 0 bridgehead atoms. The fourth-order valence-corrected chi connectivity index (χ4v) is 2.61. The van der Waals surface area contributed by atoms with E-state index in [2.05, 4.69) is 5.10 Å². The molecule has 0 atom stereocenters. The molecule has 6 heteroatoms. The maximum Gasteiger partial charge on any atom is 0.435 e. The zero-order valence-corrected chi connectivity index (χ0v) is 12.3. The molecule has 108 valence electrons. The summed E-state index contributed by atoms with van der Waals surface area (Å²) >= 11 is 6.04. The Balaban J connectivity index is 2.72. The molecule has 0 saturated carbocycles. The Labute approximate surface area is 120 Å². The van der Waals surface area contributed by atoms with Crippen molar-refractivity contribution in [3.8, 4) is 5.69 Å². The predicted octanol–water partition coefficient (Wildman–Crippen LogP) is 4.78. The van der Waals surface area contributed by atoms with Crippen LogP contribution in [0.3, 0.4) is 0 Å². The minimum atomic E-state index is -4.51. The number of alkyl halides is 3. The van der Waals surface area contributed by atoms with Gasteiger partial charge in [0, 0.05) is 5.56 Å². The summed E-state index contributed by atoms with van der Waals surface area (Å²) in [6.45, 7) is 6.92. The van der Waals surface area contributed by atoms with Gasteiger partial charge in [0.15, 0.2) is 5.69 Å². The van der Waals surface area contributed by atoms with E-state index in [9.17, 15) is 13.2 Å². The quantitative estimate of drug-likeness (QED) is 0.741. The van der Waals surface area contributed by atoms with E-state index in [1.54, 1.807) is 0 Å². The van der Waals surface area contributed by atoms with Gasteiger partial charge in [0.2, 0.25) is 0 Å². The first kappa shape index (κ1) is 14.9. The summed E-state index contributed by atoms with van der Waals surface area (Å²) in [4.78, 5) is 0. The zero-order valence-electron chi connectivity index (χ0n) is 11.6. The summed E-state index contributed by atoms with van der Waals surface area (Å²) in [6, 6.07) is 3.78. The normalized spacial score (nSPS) is 12.0. The lowest BCUT2D eigenvalue weighted by molar-refractivity contribution is -0.141. The number of hydrogen-bond donors (Lipinski definition) is 0. The maximum atomic E-state index is 12.9. The Morgan fingerprint density at radius 1 is 1.05 bits per heavy atom. The van der Waals surface area contributed by atoms with Gasteiger partial charge in [0.25, 0.3) is 0 Å². The van der Waals surface area contributed by atoms with Crippen LogP contribution in [0.25, 0.3) is 5.69 Å². The van der Waals surface area contributed by atoms with Crippen LogP contribution in [-0.4, -0.2) is 9.78 Å². The molecule has 0 aliphatic heterocycles. The van der Waals surface area contributed by atoms with Crippen LogP contribution < -0.4 is 0 Å². The Morgan fingerprint density at radius 3 is 1.95 bits per heavy atom. The average molecular weight is 303 g/mol. The van der Waals surface area contributed by atoms with Crippen molar-refractivity contribution in [2.45, 2.75) is 33.9 Å². The molecule has 1 heterocycles. The van der Waals surface area contributed by atoms with E-state index in [-0.39, 0.29) is 10.7 Å². The van der Waals surface area contributed by atoms with Gasteiger partial charge in [-0.15, -0.1) is 0 Å². The molecule has 0 unspecified atom stereocenters. The van der Waals surface area contributed by atoms with Crippen molar-refractivity contribution < 1.29 is 13.2 Å². The fourth-order valence-electron chi connectivity index (χ4n) is 2.40. The summed E-state index contributed by atoms with van der Waals surface area (Å²) in [5.41, 5.74) is 2.31. The zero-order chi connectivity index (χ0) is 15.2. The highest BCUT2D eigenvalue weighted by Gasteiger charge is 2.38. The number of aromatic nitrogens is 2. The van der Waals surface area contributed by atoms with Gasteiger partial charge in [0.05, 0.1) is 5.69 Å². The second-order valence-electron chi connectivity index (χ2n) is 4.92. The Kier molecular flexibility index (Phi) is 3.58. The number of nitrogens with zero attached hydrogens (tertiary/aromatic N) is 2. The molecular formula is C14H14ClF3N2. The summed E-state index contributed by atoms with van der Waals surface area (Å²) in [5, 5.41) is 3.65. The van der Waals surface area contributed by atoms with Gasteiger partial charge >= 0.3 is 6.18 Å². The molecule has 0 radical (unpaired) electrons. The highest BCUT2D eigenvalue weighted by Crippen LogP contribution is 2.36. The molecule has 0 aliphatic rings. The van der Waals surface area contributed by atoms with Gasteiger partial charge in [-0.05, 0) is 38.8 Å². The summed E-state index contributed by atoms with van der Waals surface area (Å²) < 4.78 is 39.8. The van der Waals surface area contributed by atoms with Gasteiger partial charge in [-0.1, -0.05) is 29.3 Å². The summed E-state index contributed by atoms with van der Waals surface area (Å²) in [7, 11) is 0. The topological polar surface area (TPSA) is 17.8 Å². The average Bonchev–Trinajstić information content (AvgIpc) is 2.55. The van der Waals surface area contributed by atoms with E-state index in [0.717, 1.165) is 16.7 Å². The third-order valence-electron chi connectivity index (χ3n) is 3.17. The number of rotatable bonds is 1. The van der Waals surface area contributed by atoms with Crippen molar-refractivity contribution in [3.05, 3.63) is 45.2 Å². The van der Waals surface area contributed by atoms with E-state index >= 15 is 0 Å². The molecule has 2 rings (SSSR count). The predicted molar refractivity (Wildman–Crippen MR) is 72.5 cm³/mol. The smallest absolute Gasteiger partial charge is 0.221 e. The largest absolute Gasteiger partial charge is 0.435 e. The monoisotopic (exact) mass is 302 g/mol. The number of benzene rings is 1. The standard InChI is InChI=1S/C14H14ClF3N2/c1-7-5-8(2)11(9(3)6-7)20-13(15)10(4)12(19-20)14(16,17)18/h5-6H,1-4H3. The maximum absolute atomic E-state index is 12.9. The van der Waals surface area contributed by atoms with E-state index < -0.39 is 11.9 Å². The second kappa shape index (κ2) is 4.81. The lowest BCUT2D eigenvalue weighted by Gasteiger charge is -2.12. The summed E-state index contributed by atoms with van der Waals surface area (Å²) in [6.07, 6.45) is -4.51. The first-order valence-corrected chi connectivity index (χ1v) is 6.41. The van der Waals surface area contributed by atoms with Crippen molar-refractivity contribution in [2.24, 2.45) is 0 Å². The van der Waals surface area contributed by atoms with Crippen molar-refractivity contribution in [1.82, 2.24) is 9.78 Å². The van der Waals surface area contributed by atoms with Crippen LogP contribution in [0.15, 0.2) is 12.1 Å². The van der Waals surface area contributed by atoms with Crippen molar-refractivity contribution >= 4 is 11.6 Å². The highest BCUT2D eigenvalue weighted by molar-refractivity contribution is 6.30. The SMILES string of the molecule is Cc1cc(C)c(-n2nc(C(F)(F)F)c(C)c2Cl)c(C)c1. The van der Waals surface area contributed by atoms with Gasteiger partial charge in [-0.3, -0.25) is 0 Å². The first-order valence-electron chi connectivity index (χ1n) is 6.03. The van der Waals surface area contributed by atoms with Crippen molar-refractivity contribution in [2.75, 3.05) is 0 Å². The van der Waals surface area contributed by atoms with Gasteiger partial charge in [-0.2, -0.15) is 18.3 Å². The van der Waals surface area contributed by atoms with Crippen LogP contribution >= 0.6 is 11.6 Å². The molecule has 20 heavy (non-hydrogen) atoms. The van der Waals surface area contributed by atoms with Gasteiger partial charge in [0.1, 0.15) is 5.15 Å². The lowest BCUT2D eigenvalue weighted by atomic mass is 10.1. The number of aryl methyl sites for hydroxylation is 3. The minimum Gasteiger partial charge on any atom is -0.221 e. The van der Waals surface area contributed by atoms with E-state index in [0.29, 0.717) is 5.69 Å². The van der Waals surface area contributed by atoms with Gasteiger partial charge < -0.3 is 0 Å². The molecule has 2 nitrogen and oxygen atoms in total. The Bertz CT molecular complexity index is 649. The molecule has 0 saturated heterocycles. The first-order chi connectivity index (χ1) is 9.12. The Morgan fingerprint density at radius 2 is 1.55 bits per heavy atom. The Hall–Kier alpha value is -1.49. The van der Waals surface area contributed by atoms with Crippen LogP contribution in [0.4, 0.5) is 13.2 Å². The van der Waals surface area contributed by atoms with Crippen molar-refractivity contribution in [3.63, 3.8) is 0 Å². The number of halogens is 4.